The molecule has 0 heterocycles. The molecule has 6 aliphatic rings. The molecule has 1 aromatic rings. The summed E-state index contributed by atoms with van der Waals surface area (Å²) < 4.78 is 1.92. The molecule has 276 valence electrons. The van der Waals surface area contributed by atoms with E-state index in [1.54, 1.807) is 135 Å². The van der Waals surface area contributed by atoms with Crippen LogP contribution in [0.5, 0.6) is 0 Å². The van der Waals surface area contributed by atoms with Crippen LogP contribution in [-0.2, 0) is 13.5 Å². The summed E-state index contributed by atoms with van der Waals surface area (Å²) in [6, 6.07) is 9.89. The van der Waals surface area contributed by atoms with Gasteiger partial charge in [0, 0.05) is 7.92 Å². The normalized spacial score (nSPS) is 25.1. The molecule has 0 N–H and O–H groups in total. The predicted molar refractivity (Wildman–Crippen MR) is 215 cm³/mol. The summed E-state index contributed by atoms with van der Waals surface area (Å²) in [5, 5.41) is 0. The van der Waals surface area contributed by atoms with Crippen molar-refractivity contribution in [2.75, 3.05) is 0 Å². The van der Waals surface area contributed by atoms with E-state index in [-0.39, 0.29) is 7.92 Å². The summed E-state index contributed by atoms with van der Waals surface area (Å²) in [5.41, 5.74) is 4.80. The minimum absolute atomic E-state index is 0.0465. The Labute approximate surface area is 312 Å². The second-order valence-corrected chi connectivity index (χ2v) is 25.9. The minimum atomic E-state index is -1.61. The van der Waals surface area contributed by atoms with Gasteiger partial charge in [0.15, 0.2) is 0 Å². The summed E-state index contributed by atoms with van der Waals surface area (Å²) in [6.07, 6.45) is 46.7. The summed E-state index contributed by atoms with van der Waals surface area (Å²) in [6.45, 7) is 0. The molecule has 0 aromatic heterocycles. The van der Waals surface area contributed by atoms with Gasteiger partial charge in [-0.15, -0.1) is 0 Å². The average Bonchev–Trinajstić information content (AvgIpc) is 3.15. The third-order valence-corrected chi connectivity index (χ3v) is 19.9. The van der Waals surface area contributed by atoms with Gasteiger partial charge in [-0.3, -0.25) is 0 Å². The van der Waals surface area contributed by atoms with E-state index in [2.05, 4.69) is 5.92 Å². The molecule has 0 aliphatic heterocycles. The van der Waals surface area contributed by atoms with Crippen LogP contribution in [0.1, 0.15) is 198 Å². The van der Waals surface area contributed by atoms with Crippen molar-refractivity contribution in [3.05, 3.63) is 41.8 Å². The maximum absolute atomic E-state index is 5.67. The van der Waals surface area contributed by atoms with E-state index >= 15 is 0 Å². The monoisotopic (exact) mass is 804 g/mol. The van der Waals surface area contributed by atoms with Crippen LogP contribution < -0.4 is 0 Å². The molecule has 7 rings (SSSR count). The molecule has 0 nitrogen and oxygen atoms in total. The molecule has 0 saturated heterocycles. The summed E-state index contributed by atoms with van der Waals surface area (Å²) in [5.74, 6) is 5.24. The van der Waals surface area contributed by atoms with Gasteiger partial charge in [0.1, 0.15) is 0 Å². The summed E-state index contributed by atoms with van der Waals surface area (Å²) >= 11 is -1.61. The third-order valence-electron chi connectivity index (χ3n) is 13.5. The van der Waals surface area contributed by atoms with Crippen LogP contribution in [0.15, 0.2) is 30.3 Å². The predicted octanol–water partition coefficient (Wildman–Crippen LogP) is 15.3. The van der Waals surface area contributed by atoms with Crippen molar-refractivity contribution < 1.29 is 13.5 Å². The topological polar surface area (TPSA) is 0 Å². The van der Waals surface area contributed by atoms with Crippen LogP contribution in [0, 0.1) is 23.7 Å². The van der Waals surface area contributed by atoms with Crippen molar-refractivity contribution in [3.63, 3.8) is 0 Å². The Morgan fingerprint density at radius 2 is 0.729 bits per heavy atom. The zero-order chi connectivity index (χ0) is 33.2. The van der Waals surface area contributed by atoms with Gasteiger partial charge in [0.2, 0.25) is 0 Å². The van der Waals surface area contributed by atoms with Crippen LogP contribution in [-0.4, -0.2) is 21.6 Å². The number of hydrogen-bond donors (Lipinski definition) is 0. The first-order valence-corrected chi connectivity index (χ1v) is 28.5. The van der Waals surface area contributed by atoms with Crippen LogP contribution in [0.2, 0.25) is 0 Å². The van der Waals surface area contributed by atoms with E-state index in [1.165, 1.54) is 74.8 Å². The number of rotatable bonds is 7. The molecule has 0 bridgehead atoms. The van der Waals surface area contributed by atoms with Crippen molar-refractivity contribution in [1.82, 2.24) is 0 Å². The Bertz CT molecular complexity index is 835. The standard InChI is InChI=1S/C19H33.C18H33P.C7H6.2ClH.Ru/c2*1-4-10-16(11-5-1)19(17-12-6-2-7-13-17)18-14-8-3-9-15-18;1-7-5-3-2-4-6-7;;;/h2*16-18H,1-15H2;1-6H;2*1H;/q-1;;;;;+2/p-1. The summed E-state index contributed by atoms with van der Waals surface area (Å²) in [4.78, 5) is 0. The first-order chi connectivity index (χ1) is 23.7. The Morgan fingerprint density at radius 1 is 0.438 bits per heavy atom. The van der Waals surface area contributed by atoms with Crippen molar-refractivity contribution >= 4 is 31.9 Å². The molecule has 0 spiro atoms. The zero-order valence-electron chi connectivity index (χ0n) is 30.8. The van der Waals surface area contributed by atoms with E-state index in [4.69, 9.17) is 19.4 Å². The van der Waals surface area contributed by atoms with E-state index < -0.39 is 13.5 Å². The third kappa shape index (κ3) is 13.6. The van der Waals surface area contributed by atoms with Crippen molar-refractivity contribution in [2.24, 2.45) is 17.8 Å². The molecule has 48 heavy (non-hydrogen) atoms. The molecule has 1 aromatic carbocycles. The molecule has 0 unspecified atom stereocenters. The van der Waals surface area contributed by atoms with Gasteiger partial charge in [-0.05, 0) is 77.0 Å². The maximum atomic E-state index is 5.67. The SMILES string of the molecule is C1CCC([C-](C2CCCCC2)C2CCCCC2)CC1.C1CCC([PH+](C2CCCCC2)C2CCCCC2)CC1.[Cl][Ru]([Cl])=[CH]c1ccccc1. The van der Waals surface area contributed by atoms with Gasteiger partial charge in [-0.25, -0.2) is 0 Å². The van der Waals surface area contributed by atoms with E-state index in [0.29, 0.717) is 0 Å². The van der Waals surface area contributed by atoms with Crippen LogP contribution in [0.25, 0.3) is 0 Å². The Hall–Kier alpha value is 0.723. The second-order valence-electron chi connectivity index (χ2n) is 16.7. The Balaban J connectivity index is 0.000000148. The Morgan fingerprint density at radius 3 is 1.02 bits per heavy atom. The fourth-order valence-corrected chi connectivity index (χ4v) is 18.3. The van der Waals surface area contributed by atoms with E-state index in [0.717, 1.165) is 23.3 Å². The molecule has 0 atom stereocenters. The quantitative estimate of drug-likeness (QED) is 0.146. The van der Waals surface area contributed by atoms with Crippen LogP contribution >= 0.6 is 27.3 Å². The van der Waals surface area contributed by atoms with E-state index in [1.807, 2.05) is 34.9 Å². The van der Waals surface area contributed by atoms with Gasteiger partial charge in [-0.2, -0.15) is 17.8 Å². The molecule has 6 fully saturated rings. The fraction of sp³-hybridized carbons (Fsp3) is 0.818. The van der Waals surface area contributed by atoms with Crippen molar-refractivity contribution in [1.29, 1.82) is 0 Å². The molecular formula is C44H73Cl2PRu. The first-order valence-electron chi connectivity index (χ1n) is 21.3. The van der Waals surface area contributed by atoms with Gasteiger partial charge in [-0.1, -0.05) is 116 Å². The molecule has 0 amide bonds. The van der Waals surface area contributed by atoms with Crippen molar-refractivity contribution in [2.45, 2.75) is 210 Å². The van der Waals surface area contributed by atoms with E-state index in [9.17, 15) is 0 Å². The average molecular weight is 805 g/mol. The van der Waals surface area contributed by atoms with Gasteiger partial charge in [0.25, 0.3) is 0 Å². The molecular weight excluding hydrogens is 731 g/mol. The first kappa shape index (κ1) is 39.9. The van der Waals surface area contributed by atoms with Crippen LogP contribution in [0.3, 0.4) is 0 Å². The number of benzene rings is 1. The number of hydrogen-bond acceptors (Lipinski definition) is 0. The molecule has 4 heteroatoms. The van der Waals surface area contributed by atoms with Gasteiger partial charge < -0.3 is 5.92 Å². The zero-order valence-corrected chi connectivity index (χ0v) is 35.0. The van der Waals surface area contributed by atoms with Crippen LogP contribution in [0.4, 0.5) is 0 Å². The molecule has 6 aliphatic carbocycles. The fourth-order valence-electron chi connectivity index (χ4n) is 11.2. The Kier molecular flexibility index (Phi) is 19.5. The number of halogens is 2. The van der Waals surface area contributed by atoms with Gasteiger partial charge in [0.05, 0.1) is 17.0 Å². The van der Waals surface area contributed by atoms with Gasteiger partial charge >= 0.3 is 73.4 Å². The second kappa shape index (κ2) is 23.4. The summed E-state index contributed by atoms with van der Waals surface area (Å²) in [7, 11) is 11.3. The molecule has 0 radical (unpaired) electrons. The van der Waals surface area contributed by atoms with Crippen molar-refractivity contribution in [3.8, 4) is 0 Å². The molecule has 6 saturated carbocycles.